The minimum absolute atomic E-state index is 0.136. The summed E-state index contributed by atoms with van der Waals surface area (Å²) in [7, 11) is -3.94. The van der Waals surface area contributed by atoms with Gasteiger partial charge in [0.1, 0.15) is 0 Å². The Balaban J connectivity index is 1.28. The second-order valence-electron chi connectivity index (χ2n) is 9.40. The third kappa shape index (κ3) is 5.82. The lowest BCUT2D eigenvalue weighted by Crippen LogP contribution is -2.41. The summed E-state index contributed by atoms with van der Waals surface area (Å²) in [5.41, 5.74) is 1.93. The van der Waals surface area contributed by atoms with Gasteiger partial charge in [-0.25, -0.2) is 17.2 Å². The number of rotatable bonds is 6. The number of hydrogen-bond donors (Lipinski definition) is 1. The van der Waals surface area contributed by atoms with Crippen molar-refractivity contribution in [2.75, 3.05) is 31.5 Å². The largest absolute Gasteiger partial charge is 0.326 e. The van der Waals surface area contributed by atoms with Gasteiger partial charge in [-0.05, 0) is 80.6 Å². The summed E-state index contributed by atoms with van der Waals surface area (Å²) in [4.78, 5) is 14.9. The van der Waals surface area contributed by atoms with E-state index in [0.29, 0.717) is 18.9 Å². The summed E-state index contributed by atoms with van der Waals surface area (Å²) >= 11 is 0. The maximum Gasteiger partial charge on any atom is 0.243 e. The number of hydrogen-bond acceptors (Lipinski definition) is 4. The Morgan fingerprint density at radius 1 is 0.941 bits per heavy atom. The highest BCUT2D eigenvalue weighted by Gasteiger charge is 2.32. The van der Waals surface area contributed by atoms with Gasteiger partial charge in [0.05, 0.1) is 4.90 Å². The van der Waals surface area contributed by atoms with Crippen LogP contribution in [0.15, 0.2) is 47.4 Å². The third-order valence-corrected chi connectivity index (χ3v) is 8.75. The predicted octanol–water partition coefficient (Wildman–Crippen LogP) is 4.24. The molecule has 2 aliphatic heterocycles. The fourth-order valence-electron chi connectivity index (χ4n) is 4.56. The van der Waals surface area contributed by atoms with Gasteiger partial charge >= 0.3 is 0 Å². The van der Waals surface area contributed by atoms with Gasteiger partial charge in [-0.1, -0.05) is 19.1 Å². The van der Waals surface area contributed by atoms with Crippen LogP contribution in [0.2, 0.25) is 0 Å². The number of sulfonamides is 1. The zero-order valence-corrected chi connectivity index (χ0v) is 20.2. The number of benzene rings is 2. The van der Waals surface area contributed by atoms with Crippen molar-refractivity contribution in [2.45, 2.75) is 44.0 Å². The van der Waals surface area contributed by atoms with Crippen molar-refractivity contribution in [1.82, 2.24) is 9.21 Å². The van der Waals surface area contributed by atoms with E-state index in [4.69, 9.17) is 0 Å². The van der Waals surface area contributed by atoms with Crippen molar-refractivity contribution in [3.63, 3.8) is 0 Å². The number of carbonyl (C=O) groups excluding carboxylic acids is 1. The van der Waals surface area contributed by atoms with Crippen LogP contribution in [0.25, 0.3) is 0 Å². The van der Waals surface area contributed by atoms with Crippen molar-refractivity contribution in [1.29, 1.82) is 0 Å². The number of amides is 1. The van der Waals surface area contributed by atoms with Crippen LogP contribution in [0.3, 0.4) is 0 Å². The number of halogens is 2. The third-order valence-electron chi connectivity index (χ3n) is 6.86. The van der Waals surface area contributed by atoms with Crippen LogP contribution in [0.4, 0.5) is 14.5 Å². The predicted molar refractivity (Wildman–Crippen MR) is 127 cm³/mol. The lowest BCUT2D eigenvalue weighted by Gasteiger charge is -2.30. The van der Waals surface area contributed by atoms with Crippen molar-refractivity contribution >= 4 is 21.6 Å². The van der Waals surface area contributed by atoms with Gasteiger partial charge in [-0.3, -0.25) is 9.69 Å². The van der Waals surface area contributed by atoms with Gasteiger partial charge in [0.25, 0.3) is 0 Å². The number of likely N-dealkylation sites (tertiary alicyclic amines) is 1. The zero-order chi connectivity index (χ0) is 24.3. The average molecular weight is 492 g/mol. The quantitative estimate of drug-likeness (QED) is 0.657. The first kappa shape index (κ1) is 24.8. The Hall–Kier alpha value is -2.36. The fraction of sp³-hybridized carbons (Fsp3) is 0.480. The highest BCUT2D eigenvalue weighted by atomic mass is 32.2. The molecule has 4 rings (SSSR count). The number of anilines is 1. The molecule has 2 aromatic rings. The lowest BCUT2D eigenvalue weighted by molar-refractivity contribution is -0.120. The first-order chi connectivity index (χ1) is 16.2. The second-order valence-corrected chi connectivity index (χ2v) is 11.3. The number of nitrogens with zero attached hydrogens (tertiary/aromatic N) is 2. The van der Waals surface area contributed by atoms with E-state index >= 15 is 0 Å². The molecule has 2 saturated heterocycles. The summed E-state index contributed by atoms with van der Waals surface area (Å²) in [6.45, 7) is 5.73. The molecule has 34 heavy (non-hydrogen) atoms. The molecule has 0 saturated carbocycles. The first-order valence-corrected chi connectivity index (χ1v) is 13.2. The normalized spacial score (nSPS) is 19.3. The first-order valence-electron chi connectivity index (χ1n) is 11.8. The van der Waals surface area contributed by atoms with Gasteiger partial charge < -0.3 is 5.32 Å². The molecule has 2 aliphatic rings. The summed E-state index contributed by atoms with van der Waals surface area (Å²) in [5, 5.41) is 2.94. The second kappa shape index (κ2) is 10.5. The molecule has 184 valence electrons. The maximum absolute atomic E-state index is 13.5. The Labute approximate surface area is 200 Å². The van der Waals surface area contributed by atoms with Crippen LogP contribution in [0, 0.1) is 23.5 Å². The van der Waals surface area contributed by atoms with Crippen LogP contribution >= 0.6 is 0 Å². The Kier molecular flexibility index (Phi) is 7.64. The molecule has 6 nitrogen and oxygen atoms in total. The van der Waals surface area contributed by atoms with E-state index in [1.807, 2.05) is 24.3 Å². The van der Waals surface area contributed by atoms with Crippen molar-refractivity contribution in [2.24, 2.45) is 11.8 Å². The monoisotopic (exact) mass is 491 g/mol. The van der Waals surface area contributed by atoms with E-state index < -0.39 is 21.7 Å². The molecule has 0 spiro atoms. The molecule has 0 aliphatic carbocycles. The molecule has 1 amide bonds. The zero-order valence-electron chi connectivity index (χ0n) is 19.3. The standard InChI is InChI=1S/C25H31F2N3O3S/c1-18-8-12-29(13-9-18)17-19-2-4-21(5-3-19)28-25(31)20-10-14-30(15-11-20)34(32,33)22-6-7-23(26)24(27)16-22/h2-7,16,18,20H,8-15,17H2,1H3,(H,28,31). The minimum atomic E-state index is -3.94. The molecule has 2 aromatic carbocycles. The summed E-state index contributed by atoms with van der Waals surface area (Å²) in [6, 6.07) is 10.4. The molecule has 0 bridgehead atoms. The molecule has 0 aromatic heterocycles. The highest BCUT2D eigenvalue weighted by molar-refractivity contribution is 7.89. The Morgan fingerprint density at radius 2 is 1.59 bits per heavy atom. The topological polar surface area (TPSA) is 69.7 Å². The molecule has 1 N–H and O–H groups in total. The van der Waals surface area contributed by atoms with E-state index in [2.05, 4.69) is 17.1 Å². The van der Waals surface area contributed by atoms with Gasteiger partial charge in [-0.2, -0.15) is 4.31 Å². The molecular formula is C25H31F2N3O3S. The minimum Gasteiger partial charge on any atom is -0.326 e. The Bertz CT molecular complexity index is 1110. The van der Waals surface area contributed by atoms with E-state index in [0.717, 1.165) is 43.4 Å². The molecule has 2 heterocycles. The van der Waals surface area contributed by atoms with Crippen LogP contribution < -0.4 is 5.32 Å². The molecule has 0 unspecified atom stereocenters. The molecule has 2 fully saturated rings. The lowest BCUT2D eigenvalue weighted by atomic mass is 9.97. The summed E-state index contributed by atoms with van der Waals surface area (Å²) < 4.78 is 53.4. The SMILES string of the molecule is CC1CCN(Cc2ccc(NC(=O)C3CCN(S(=O)(=O)c4ccc(F)c(F)c4)CC3)cc2)CC1. The molecule has 0 atom stereocenters. The van der Waals surface area contributed by atoms with E-state index in [9.17, 15) is 22.0 Å². The summed E-state index contributed by atoms with van der Waals surface area (Å²) in [5.74, 6) is -1.95. The van der Waals surface area contributed by atoms with Crippen LogP contribution in [0.1, 0.15) is 38.2 Å². The van der Waals surface area contributed by atoms with Crippen molar-refractivity contribution in [3.05, 3.63) is 59.7 Å². The highest BCUT2D eigenvalue weighted by Crippen LogP contribution is 2.26. The Morgan fingerprint density at radius 3 is 2.21 bits per heavy atom. The van der Waals surface area contributed by atoms with Gasteiger partial charge in [0.2, 0.25) is 15.9 Å². The average Bonchev–Trinajstić information content (AvgIpc) is 2.83. The maximum atomic E-state index is 13.5. The van der Waals surface area contributed by atoms with E-state index in [1.165, 1.54) is 22.7 Å². The number of carbonyl (C=O) groups is 1. The van der Waals surface area contributed by atoms with Crippen molar-refractivity contribution < 1.29 is 22.0 Å². The molecule has 9 heteroatoms. The van der Waals surface area contributed by atoms with Crippen LogP contribution in [0.5, 0.6) is 0 Å². The molecular weight excluding hydrogens is 460 g/mol. The van der Waals surface area contributed by atoms with Gasteiger partial charge in [0.15, 0.2) is 11.6 Å². The van der Waals surface area contributed by atoms with E-state index in [-0.39, 0.29) is 29.8 Å². The summed E-state index contributed by atoms with van der Waals surface area (Å²) in [6.07, 6.45) is 3.19. The van der Waals surface area contributed by atoms with Gasteiger partial charge in [0, 0.05) is 31.2 Å². The fourth-order valence-corrected chi connectivity index (χ4v) is 6.04. The van der Waals surface area contributed by atoms with Crippen molar-refractivity contribution in [3.8, 4) is 0 Å². The number of piperidine rings is 2. The number of nitrogens with one attached hydrogen (secondary N) is 1. The van der Waals surface area contributed by atoms with E-state index in [1.54, 1.807) is 0 Å². The van der Waals surface area contributed by atoms with Crippen LogP contribution in [-0.2, 0) is 21.4 Å². The van der Waals surface area contributed by atoms with Gasteiger partial charge in [-0.15, -0.1) is 0 Å². The van der Waals surface area contributed by atoms with Crippen LogP contribution in [-0.4, -0.2) is 49.7 Å². The molecule has 0 radical (unpaired) electrons. The smallest absolute Gasteiger partial charge is 0.243 e.